The fourth-order valence-electron chi connectivity index (χ4n) is 2.82. The van der Waals surface area contributed by atoms with Crippen molar-refractivity contribution in [2.75, 3.05) is 13.2 Å². The smallest absolute Gasteiger partial charge is 0.157 e. The van der Waals surface area contributed by atoms with Crippen LogP contribution in [0.15, 0.2) is 11.4 Å². The number of rotatable bonds is 17. The van der Waals surface area contributed by atoms with Gasteiger partial charge in [-0.15, -0.1) is 35.3 Å². The summed E-state index contributed by atoms with van der Waals surface area (Å²) in [5, 5.41) is 2.19. The van der Waals surface area contributed by atoms with Gasteiger partial charge in [0, 0.05) is 17.8 Å². The van der Waals surface area contributed by atoms with Gasteiger partial charge in [0.15, 0.2) is 6.29 Å². The highest BCUT2D eigenvalue weighted by molar-refractivity contribution is 14.0. The van der Waals surface area contributed by atoms with Crippen LogP contribution < -0.4 is 4.62 Å². The molecule has 1 unspecified atom stereocenters. The number of hydrogen-bond acceptors (Lipinski definition) is 3. The maximum Gasteiger partial charge on any atom is 0.157 e. The molecule has 0 aromatic carbocycles. The molecule has 1 heterocycles. The van der Waals surface area contributed by atoms with Crippen molar-refractivity contribution in [3.05, 3.63) is 17.0 Å². The van der Waals surface area contributed by atoms with Gasteiger partial charge >= 0.3 is 0 Å². The lowest BCUT2D eigenvalue weighted by molar-refractivity contribution is -0.147. The summed E-state index contributed by atoms with van der Waals surface area (Å²) in [5.74, 6) is 0. The number of hydrogen-bond donors (Lipinski definition) is 0. The number of aryl methyl sites for hydroxylation is 1. The summed E-state index contributed by atoms with van der Waals surface area (Å²) in [6.45, 7) is 6.09. The normalized spacial score (nSPS) is 11.1. The molecule has 0 fully saturated rings. The van der Waals surface area contributed by atoms with E-state index in [4.69, 9.17) is 9.47 Å². The standard InChI is InChI=1S/C21H39O2PS.HI/c1-3-5-16-22-20(23-17-6-4-2)14-12-10-8-7-9-11-13-19-15-18-25-21(19)24;/h15,18,20H,3-14,16-17,24H2,1-2H3;1H. The average Bonchev–Trinajstić information content (AvgIpc) is 3.02. The molecule has 0 saturated heterocycles. The second-order valence-corrected chi connectivity index (χ2v) is 8.79. The van der Waals surface area contributed by atoms with Crippen LogP contribution >= 0.6 is 44.6 Å². The highest BCUT2D eigenvalue weighted by Crippen LogP contribution is 2.15. The first kappa shape index (κ1) is 26.8. The van der Waals surface area contributed by atoms with E-state index in [1.165, 1.54) is 68.0 Å². The van der Waals surface area contributed by atoms with Gasteiger partial charge in [-0.2, -0.15) is 0 Å². The second kappa shape index (κ2) is 19.1. The van der Waals surface area contributed by atoms with Crippen molar-refractivity contribution < 1.29 is 9.47 Å². The first-order chi connectivity index (χ1) is 12.3. The fourth-order valence-corrected chi connectivity index (χ4v) is 4.00. The summed E-state index contributed by atoms with van der Waals surface area (Å²) < 4.78 is 13.2. The van der Waals surface area contributed by atoms with E-state index in [2.05, 4.69) is 34.5 Å². The molecule has 1 aromatic heterocycles. The Morgan fingerprint density at radius 2 is 1.46 bits per heavy atom. The topological polar surface area (TPSA) is 18.5 Å². The Kier molecular flexibility index (Phi) is 19.7. The summed E-state index contributed by atoms with van der Waals surface area (Å²) in [6.07, 6.45) is 14.9. The minimum absolute atomic E-state index is 0. The van der Waals surface area contributed by atoms with Gasteiger partial charge in [0.2, 0.25) is 0 Å². The SMILES string of the molecule is CCCCOC(CCCCCCCCc1ccsc1P)OCCCC.I. The Balaban J connectivity index is 0.00000625. The predicted octanol–water partition coefficient (Wildman–Crippen LogP) is 7.10. The van der Waals surface area contributed by atoms with E-state index in [-0.39, 0.29) is 30.3 Å². The van der Waals surface area contributed by atoms with Crippen molar-refractivity contribution in [2.45, 2.75) is 97.2 Å². The minimum atomic E-state index is 0. The van der Waals surface area contributed by atoms with E-state index in [1.807, 2.05) is 11.3 Å². The molecule has 0 saturated carbocycles. The lowest BCUT2D eigenvalue weighted by atomic mass is 10.1. The summed E-state index contributed by atoms with van der Waals surface area (Å²) in [4.78, 5) is 0. The molecule has 1 atom stereocenters. The molecule has 26 heavy (non-hydrogen) atoms. The summed E-state index contributed by atoms with van der Waals surface area (Å²) in [7, 11) is 2.85. The van der Waals surface area contributed by atoms with Crippen LogP contribution in [0.4, 0.5) is 0 Å². The number of ether oxygens (including phenoxy) is 2. The van der Waals surface area contributed by atoms with Crippen LogP contribution in [0.25, 0.3) is 0 Å². The minimum Gasteiger partial charge on any atom is -0.353 e. The van der Waals surface area contributed by atoms with Crippen molar-refractivity contribution in [1.29, 1.82) is 0 Å². The van der Waals surface area contributed by atoms with Gasteiger partial charge in [-0.25, -0.2) is 0 Å². The quantitative estimate of drug-likeness (QED) is 0.0956. The number of unbranched alkanes of at least 4 members (excludes halogenated alkanes) is 7. The lowest BCUT2D eigenvalue weighted by Crippen LogP contribution is -2.18. The van der Waals surface area contributed by atoms with E-state index < -0.39 is 0 Å². The first-order valence-corrected chi connectivity index (χ1v) is 11.8. The molecule has 0 N–H and O–H groups in total. The third-order valence-electron chi connectivity index (χ3n) is 4.52. The molecule has 1 aromatic rings. The van der Waals surface area contributed by atoms with Crippen molar-refractivity contribution in [3.63, 3.8) is 0 Å². The van der Waals surface area contributed by atoms with E-state index in [0.717, 1.165) is 32.5 Å². The van der Waals surface area contributed by atoms with Crippen LogP contribution in [0.3, 0.4) is 0 Å². The Morgan fingerprint density at radius 3 is 2.00 bits per heavy atom. The highest BCUT2D eigenvalue weighted by atomic mass is 127. The molecule has 0 aliphatic rings. The van der Waals surface area contributed by atoms with Crippen LogP contribution in [0.1, 0.15) is 90.0 Å². The largest absolute Gasteiger partial charge is 0.353 e. The van der Waals surface area contributed by atoms with Gasteiger partial charge in [-0.1, -0.05) is 61.6 Å². The van der Waals surface area contributed by atoms with Gasteiger partial charge in [0.05, 0.1) is 0 Å². The first-order valence-electron chi connectivity index (χ1n) is 10.3. The van der Waals surface area contributed by atoms with E-state index in [1.54, 1.807) is 0 Å². The summed E-state index contributed by atoms with van der Waals surface area (Å²) >= 11 is 1.83. The van der Waals surface area contributed by atoms with Gasteiger partial charge in [0.25, 0.3) is 0 Å². The second-order valence-electron chi connectivity index (χ2n) is 6.85. The summed E-state index contributed by atoms with van der Waals surface area (Å²) in [5.41, 5.74) is 1.52. The zero-order valence-electron chi connectivity index (χ0n) is 16.8. The van der Waals surface area contributed by atoms with E-state index >= 15 is 0 Å². The van der Waals surface area contributed by atoms with Crippen LogP contribution in [0.5, 0.6) is 0 Å². The third-order valence-corrected chi connectivity index (χ3v) is 6.09. The molecule has 1 rings (SSSR count). The van der Waals surface area contributed by atoms with E-state index in [9.17, 15) is 0 Å². The monoisotopic (exact) mass is 514 g/mol. The number of halogens is 1. The lowest BCUT2D eigenvalue weighted by Gasteiger charge is -2.18. The molecule has 0 spiro atoms. The Morgan fingerprint density at radius 1 is 0.885 bits per heavy atom. The Bertz CT molecular complexity index is 404. The molecule has 154 valence electrons. The molecule has 0 bridgehead atoms. The maximum absolute atomic E-state index is 5.90. The molecule has 0 amide bonds. The molecule has 0 aliphatic heterocycles. The highest BCUT2D eigenvalue weighted by Gasteiger charge is 2.08. The fraction of sp³-hybridized carbons (Fsp3) is 0.810. The molecule has 0 radical (unpaired) electrons. The van der Waals surface area contributed by atoms with Gasteiger partial charge in [-0.3, -0.25) is 0 Å². The van der Waals surface area contributed by atoms with Gasteiger partial charge in [0.1, 0.15) is 0 Å². The van der Waals surface area contributed by atoms with Crippen molar-refractivity contribution in [3.8, 4) is 0 Å². The molecular weight excluding hydrogens is 474 g/mol. The third kappa shape index (κ3) is 13.9. The average molecular weight is 514 g/mol. The van der Waals surface area contributed by atoms with Crippen LogP contribution in [-0.4, -0.2) is 19.5 Å². The Labute approximate surface area is 185 Å². The van der Waals surface area contributed by atoms with Crippen molar-refractivity contribution in [2.24, 2.45) is 0 Å². The zero-order chi connectivity index (χ0) is 18.2. The van der Waals surface area contributed by atoms with Crippen LogP contribution in [0.2, 0.25) is 0 Å². The predicted molar refractivity (Wildman–Crippen MR) is 131 cm³/mol. The van der Waals surface area contributed by atoms with Crippen molar-refractivity contribution >= 4 is 49.2 Å². The van der Waals surface area contributed by atoms with Crippen molar-refractivity contribution in [1.82, 2.24) is 0 Å². The van der Waals surface area contributed by atoms with Crippen LogP contribution in [0, 0.1) is 0 Å². The van der Waals surface area contributed by atoms with Crippen LogP contribution in [-0.2, 0) is 15.9 Å². The van der Waals surface area contributed by atoms with E-state index in [0.29, 0.717) is 0 Å². The maximum atomic E-state index is 5.90. The van der Waals surface area contributed by atoms with Gasteiger partial charge in [-0.05, 0) is 55.5 Å². The molecular formula is C21H40IO2PS. The zero-order valence-corrected chi connectivity index (χ0v) is 21.1. The molecule has 2 nitrogen and oxygen atoms in total. The number of thiophene rings is 1. The summed E-state index contributed by atoms with van der Waals surface area (Å²) in [6, 6.07) is 2.27. The molecule has 5 heteroatoms. The molecule has 0 aliphatic carbocycles. The Hall–Kier alpha value is 0.780. The van der Waals surface area contributed by atoms with Gasteiger partial charge < -0.3 is 9.47 Å².